The van der Waals surface area contributed by atoms with Gasteiger partial charge in [-0.05, 0) is 19.8 Å². The van der Waals surface area contributed by atoms with Crippen molar-refractivity contribution in [2.24, 2.45) is 0 Å². The fourth-order valence-electron chi connectivity index (χ4n) is 2.42. The molecule has 0 radical (unpaired) electrons. The largest absolute Gasteiger partial charge is 0.466 e. The van der Waals surface area contributed by atoms with Crippen LogP contribution in [0.5, 0.6) is 0 Å². The Kier molecular flexibility index (Phi) is 14.1. The van der Waals surface area contributed by atoms with Gasteiger partial charge in [-0.3, -0.25) is 9.59 Å². The molecule has 0 aromatic heterocycles. The van der Waals surface area contributed by atoms with Crippen molar-refractivity contribution in [3.8, 4) is 0 Å². The summed E-state index contributed by atoms with van der Waals surface area (Å²) in [7, 11) is 0. The van der Waals surface area contributed by atoms with E-state index in [0.717, 1.165) is 25.9 Å². The van der Waals surface area contributed by atoms with Gasteiger partial charge in [-0.2, -0.15) is 0 Å². The van der Waals surface area contributed by atoms with Crippen LogP contribution in [0.25, 0.3) is 0 Å². The summed E-state index contributed by atoms with van der Waals surface area (Å²) >= 11 is 0. The highest BCUT2D eigenvalue weighted by Crippen LogP contribution is 2.08. The smallest absolute Gasteiger partial charge is 0.306 e. The van der Waals surface area contributed by atoms with Crippen LogP contribution < -0.4 is 0 Å². The van der Waals surface area contributed by atoms with Gasteiger partial charge < -0.3 is 9.64 Å². The van der Waals surface area contributed by atoms with Crippen LogP contribution in [0.2, 0.25) is 0 Å². The Morgan fingerprint density at radius 3 is 1.77 bits per heavy atom. The molecule has 0 aliphatic rings. The van der Waals surface area contributed by atoms with Gasteiger partial charge in [0.05, 0.1) is 13.0 Å². The molecule has 0 saturated heterocycles. The van der Waals surface area contributed by atoms with Gasteiger partial charge >= 0.3 is 5.97 Å². The number of carbonyl (C=O) groups excluding carboxylic acids is 2. The lowest BCUT2D eigenvalue weighted by atomic mass is 10.1. The monoisotopic (exact) mass is 313 g/mol. The minimum absolute atomic E-state index is 0.0982. The second-order valence-electron chi connectivity index (χ2n) is 5.81. The Labute approximate surface area is 136 Å². The molecule has 22 heavy (non-hydrogen) atoms. The number of hydrogen-bond acceptors (Lipinski definition) is 3. The maximum absolute atomic E-state index is 12.3. The summed E-state index contributed by atoms with van der Waals surface area (Å²) in [5, 5.41) is 0. The van der Waals surface area contributed by atoms with Crippen LogP contribution in [0.15, 0.2) is 0 Å². The summed E-state index contributed by atoms with van der Waals surface area (Å²) in [6.07, 6.45) is 9.80. The quantitative estimate of drug-likeness (QED) is 0.354. The van der Waals surface area contributed by atoms with Crippen molar-refractivity contribution >= 4 is 11.9 Å². The molecule has 0 aliphatic heterocycles. The Bertz CT molecular complexity index is 280. The normalized spacial score (nSPS) is 10.5. The summed E-state index contributed by atoms with van der Waals surface area (Å²) in [5.41, 5.74) is 0. The molecule has 0 aliphatic carbocycles. The SMILES string of the molecule is CCCCCCN(CCCCCC)C(=O)CCC(=O)OCC. The second kappa shape index (κ2) is 14.9. The molecule has 0 N–H and O–H groups in total. The van der Waals surface area contributed by atoms with Crippen molar-refractivity contribution in [2.45, 2.75) is 85.0 Å². The standard InChI is InChI=1S/C18H35NO3/c1-4-7-9-11-15-19(16-12-10-8-5-2)17(20)13-14-18(21)22-6-3/h4-16H2,1-3H3. The van der Waals surface area contributed by atoms with Gasteiger partial charge in [0.2, 0.25) is 5.91 Å². The fraction of sp³-hybridized carbons (Fsp3) is 0.889. The minimum atomic E-state index is -0.271. The first kappa shape index (κ1) is 20.9. The number of carbonyl (C=O) groups is 2. The lowest BCUT2D eigenvalue weighted by Gasteiger charge is -2.22. The van der Waals surface area contributed by atoms with Crippen LogP contribution in [0, 0.1) is 0 Å². The van der Waals surface area contributed by atoms with E-state index < -0.39 is 0 Å². The molecule has 0 bridgehead atoms. The van der Waals surface area contributed by atoms with Crippen molar-refractivity contribution < 1.29 is 14.3 Å². The molecule has 4 nitrogen and oxygen atoms in total. The third kappa shape index (κ3) is 11.6. The van der Waals surface area contributed by atoms with E-state index in [-0.39, 0.29) is 24.7 Å². The van der Waals surface area contributed by atoms with Gasteiger partial charge in [0.25, 0.3) is 0 Å². The predicted octanol–water partition coefficient (Wildman–Crippen LogP) is 4.32. The number of unbranched alkanes of at least 4 members (excludes halogenated alkanes) is 6. The molecule has 0 atom stereocenters. The van der Waals surface area contributed by atoms with Crippen LogP contribution in [-0.2, 0) is 14.3 Å². The molecule has 0 spiro atoms. The summed E-state index contributed by atoms with van der Waals surface area (Å²) in [5.74, 6) is -0.172. The van der Waals surface area contributed by atoms with Crippen molar-refractivity contribution in [3.63, 3.8) is 0 Å². The number of esters is 1. The Balaban J connectivity index is 4.15. The van der Waals surface area contributed by atoms with E-state index in [1.807, 2.05) is 4.90 Å². The lowest BCUT2D eigenvalue weighted by Crippen LogP contribution is -2.33. The molecule has 130 valence electrons. The predicted molar refractivity (Wildman–Crippen MR) is 90.7 cm³/mol. The van der Waals surface area contributed by atoms with Gasteiger partial charge in [-0.25, -0.2) is 0 Å². The summed E-state index contributed by atoms with van der Waals surface area (Å²) < 4.78 is 4.89. The van der Waals surface area contributed by atoms with E-state index in [0.29, 0.717) is 6.61 Å². The van der Waals surface area contributed by atoms with Crippen molar-refractivity contribution in [1.82, 2.24) is 4.90 Å². The number of ether oxygens (including phenoxy) is 1. The van der Waals surface area contributed by atoms with Crippen LogP contribution in [0.1, 0.15) is 85.0 Å². The zero-order valence-electron chi connectivity index (χ0n) is 14.9. The van der Waals surface area contributed by atoms with Crippen LogP contribution in [-0.4, -0.2) is 36.5 Å². The average Bonchev–Trinajstić information content (AvgIpc) is 2.51. The van der Waals surface area contributed by atoms with Crippen LogP contribution in [0.3, 0.4) is 0 Å². The first-order chi connectivity index (χ1) is 10.7. The highest BCUT2D eigenvalue weighted by atomic mass is 16.5. The summed E-state index contributed by atoms with van der Waals surface area (Å²) in [6.45, 7) is 8.19. The Morgan fingerprint density at radius 1 is 0.773 bits per heavy atom. The molecule has 0 unspecified atom stereocenters. The van der Waals surface area contributed by atoms with E-state index in [1.54, 1.807) is 6.92 Å². The minimum Gasteiger partial charge on any atom is -0.466 e. The van der Waals surface area contributed by atoms with E-state index in [9.17, 15) is 9.59 Å². The Hall–Kier alpha value is -1.06. The zero-order chi connectivity index (χ0) is 16.6. The van der Waals surface area contributed by atoms with Gasteiger partial charge in [0, 0.05) is 19.5 Å². The molecular formula is C18H35NO3. The van der Waals surface area contributed by atoms with Gasteiger partial charge in [-0.15, -0.1) is 0 Å². The molecule has 0 fully saturated rings. The fourth-order valence-corrected chi connectivity index (χ4v) is 2.42. The van der Waals surface area contributed by atoms with Crippen molar-refractivity contribution in [1.29, 1.82) is 0 Å². The van der Waals surface area contributed by atoms with E-state index >= 15 is 0 Å². The first-order valence-electron chi connectivity index (χ1n) is 9.09. The number of rotatable bonds is 14. The molecule has 0 saturated carbocycles. The molecule has 0 aromatic rings. The van der Waals surface area contributed by atoms with Gasteiger partial charge in [-0.1, -0.05) is 52.4 Å². The second-order valence-corrected chi connectivity index (χ2v) is 5.81. The number of hydrogen-bond donors (Lipinski definition) is 0. The van der Waals surface area contributed by atoms with Crippen molar-refractivity contribution in [2.75, 3.05) is 19.7 Å². The third-order valence-electron chi connectivity index (χ3n) is 3.76. The first-order valence-corrected chi connectivity index (χ1v) is 9.09. The molecule has 0 aromatic carbocycles. The number of nitrogens with zero attached hydrogens (tertiary/aromatic N) is 1. The maximum Gasteiger partial charge on any atom is 0.306 e. The average molecular weight is 313 g/mol. The van der Waals surface area contributed by atoms with Gasteiger partial charge in [0.1, 0.15) is 0 Å². The summed E-state index contributed by atoms with van der Waals surface area (Å²) in [4.78, 5) is 25.6. The maximum atomic E-state index is 12.3. The number of amides is 1. The van der Waals surface area contributed by atoms with Crippen LogP contribution in [0.4, 0.5) is 0 Å². The van der Waals surface area contributed by atoms with E-state index in [2.05, 4.69) is 13.8 Å². The summed E-state index contributed by atoms with van der Waals surface area (Å²) in [6, 6.07) is 0. The highest BCUT2D eigenvalue weighted by Gasteiger charge is 2.14. The zero-order valence-corrected chi connectivity index (χ0v) is 14.9. The molecule has 1 amide bonds. The molecule has 4 heteroatoms. The van der Waals surface area contributed by atoms with Crippen LogP contribution >= 0.6 is 0 Å². The molecule has 0 rings (SSSR count). The third-order valence-corrected chi connectivity index (χ3v) is 3.76. The molecular weight excluding hydrogens is 278 g/mol. The van der Waals surface area contributed by atoms with E-state index in [1.165, 1.54) is 38.5 Å². The Morgan fingerprint density at radius 2 is 1.32 bits per heavy atom. The highest BCUT2D eigenvalue weighted by molar-refractivity contribution is 5.81. The topological polar surface area (TPSA) is 46.6 Å². The lowest BCUT2D eigenvalue weighted by molar-refractivity contribution is -0.145. The van der Waals surface area contributed by atoms with Gasteiger partial charge in [0.15, 0.2) is 0 Å². The van der Waals surface area contributed by atoms with Crippen molar-refractivity contribution in [3.05, 3.63) is 0 Å². The molecule has 0 heterocycles. The van der Waals surface area contributed by atoms with E-state index in [4.69, 9.17) is 4.74 Å².